The highest BCUT2D eigenvalue weighted by Crippen LogP contribution is 2.24. The van der Waals surface area contributed by atoms with Crippen molar-refractivity contribution in [1.82, 2.24) is 29.5 Å². The van der Waals surface area contributed by atoms with E-state index in [2.05, 4.69) is 80.8 Å². The molecule has 7 nitrogen and oxygen atoms in total. The lowest BCUT2D eigenvalue weighted by molar-refractivity contribution is 0.907. The number of anilines is 1. The van der Waals surface area contributed by atoms with E-state index in [4.69, 9.17) is 10.7 Å². The maximum absolute atomic E-state index is 5.48. The van der Waals surface area contributed by atoms with Gasteiger partial charge >= 0.3 is 0 Å². The Balaban J connectivity index is 0.000000162. The Morgan fingerprint density at radius 3 is 2.57 bits per heavy atom. The zero-order valence-corrected chi connectivity index (χ0v) is 15.8. The van der Waals surface area contributed by atoms with Gasteiger partial charge in [-0.1, -0.05) is 37.3 Å². The molecule has 3 heterocycles. The van der Waals surface area contributed by atoms with E-state index in [1.807, 2.05) is 6.07 Å². The van der Waals surface area contributed by atoms with Gasteiger partial charge in [-0.25, -0.2) is 19.9 Å². The SMILES string of the molecule is CCc1nc2cccc(C)c2n1-c1ccccc1.Nc1ncnc2nc[nH]c12. The molecule has 140 valence electrons. The molecule has 0 radical (unpaired) electrons. The number of hydrogen-bond donors (Lipinski definition) is 2. The average molecular weight is 371 g/mol. The van der Waals surface area contributed by atoms with Gasteiger partial charge in [-0.3, -0.25) is 4.57 Å². The molecule has 0 fully saturated rings. The number of fused-ring (bicyclic) bond motifs is 2. The van der Waals surface area contributed by atoms with Crippen molar-refractivity contribution >= 4 is 28.0 Å². The van der Waals surface area contributed by atoms with Crippen molar-refractivity contribution in [2.24, 2.45) is 0 Å². The van der Waals surface area contributed by atoms with Crippen LogP contribution in [0.5, 0.6) is 0 Å². The first kappa shape index (κ1) is 17.7. The number of nitrogens with two attached hydrogens (primary N) is 1. The normalized spacial score (nSPS) is 10.8. The van der Waals surface area contributed by atoms with Crippen LogP contribution in [-0.2, 0) is 6.42 Å². The van der Waals surface area contributed by atoms with Gasteiger partial charge in [0.15, 0.2) is 11.5 Å². The second-order valence-electron chi connectivity index (χ2n) is 6.36. The predicted molar refractivity (Wildman–Crippen MR) is 111 cm³/mol. The highest BCUT2D eigenvalue weighted by molar-refractivity contribution is 5.82. The van der Waals surface area contributed by atoms with E-state index in [1.165, 1.54) is 29.4 Å². The van der Waals surface area contributed by atoms with Crippen molar-refractivity contribution < 1.29 is 0 Å². The predicted octanol–water partition coefficient (Wildman–Crippen LogP) is 3.83. The van der Waals surface area contributed by atoms with Crippen LogP contribution in [0, 0.1) is 6.92 Å². The summed E-state index contributed by atoms with van der Waals surface area (Å²) < 4.78 is 2.27. The van der Waals surface area contributed by atoms with Gasteiger partial charge in [0, 0.05) is 12.1 Å². The molecule has 28 heavy (non-hydrogen) atoms. The summed E-state index contributed by atoms with van der Waals surface area (Å²) in [5.41, 5.74) is 11.5. The van der Waals surface area contributed by atoms with Crippen molar-refractivity contribution in [2.75, 3.05) is 5.73 Å². The number of hydrogen-bond acceptors (Lipinski definition) is 5. The first-order chi connectivity index (χ1) is 13.7. The van der Waals surface area contributed by atoms with Gasteiger partial charge in [-0.2, -0.15) is 0 Å². The van der Waals surface area contributed by atoms with Crippen molar-refractivity contribution in [2.45, 2.75) is 20.3 Å². The summed E-state index contributed by atoms with van der Waals surface area (Å²) in [6, 6.07) is 16.7. The van der Waals surface area contributed by atoms with Gasteiger partial charge < -0.3 is 10.7 Å². The fourth-order valence-corrected chi connectivity index (χ4v) is 3.22. The van der Waals surface area contributed by atoms with Crippen LogP contribution in [0.1, 0.15) is 18.3 Å². The number of aromatic nitrogens is 6. The molecular weight excluding hydrogens is 350 g/mol. The largest absolute Gasteiger partial charge is 0.382 e. The van der Waals surface area contributed by atoms with Crippen LogP contribution in [0.3, 0.4) is 0 Å². The van der Waals surface area contributed by atoms with Gasteiger partial charge in [-0.15, -0.1) is 0 Å². The topological polar surface area (TPSA) is 98.3 Å². The van der Waals surface area contributed by atoms with E-state index in [0.29, 0.717) is 17.0 Å². The lowest BCUT2D eigenvalue weighted by atomic mass is 10.2. The minimum Gasteiger partial charge on any atom is -0.382 e. The van der Waals surface area contributed by atoms with Gasteiger partial charge in [0.05, 0.1) is 17.4 Å². The van der Waals surface area contributed by atoms with Crippen LogP contribution in [-0.4, -0.2) is 29.5 Å². The Labute approximate surface area is 162 Å². The Morgan fingerprint density at radius 2 is 1.82 bits per heavy atom. The molecule has 5 aromatic rings. The van der Waals surface area contributed by atoms with Gasteiger partial charge in [0.25, 0.3) is 0 Å². The standard InChI is InChI=1S/C16H16N2.C5H5N5/c1-3-15-17-14-11-7-8-12(2)16(14)18(15)13-9-5-4-6-10-13;6-4-3-5(9-1-7-3)10-2-8-4/h4-11H,3H2,1-2H3;1-2H,(H3,6,7,8,9,10). The molecule has 0 spiro atoms. The van der Waals surface area contributed by atoms with Crippen LogP contribution in [0.4, 0.5) is 5.82 Å². The number of nitrogens with one attached hydrogen (secondary N) is 1. The highest BCUT2D eigenvalue weighted by atomic mass is 15.1. The molecule has 0 atom stereocenters. The van der Waals surface area contributed by atoms with E-state index in [1.54, 1.807) is 0 Å². The third kappa shape index (κ3) is 3.18. The van der Waals surface area contributed by atoms with Gasteiger partial charge in [0.2, 0.25) is 0 Å². The zero-order chi connectivity index (χ0) is 19.5. The van der Waals surface area contributed by atoms with Crippen LogP contribution >= 0.6 is 0 Å². The van der Waals surface area contributed by atoms with E-state index >= 15 is 0 Å². The van der Waals surface area contributed by atoms with E-state index in [0.717, 1.165) is 17.8 Å². The summed E-state index contributed by atoms with van der Waals surface area (Å²) >= 11 is 0. The Kier molecular flexibility index (Phi) is 4.72. The fraction of sp³-hybridized carbons (Fsp3) is 0.143. The molecule has 3 aromatic heterocycles. The van der Waals surface area contributed by atoms with Crippen LogP contribution < -0.4 is 5.73 Å². The summed E-state index contributed by atoms with van der Waals surface area (Å²) in [6.45, 7) is 4.29. The lowest BCUT2D eigenvalue weighted by Gasteiger charge is -2.09. The van der Waals surface area contributed by atoms with Crippen molar-refractivity contribution in [3.63, 3.8) is 0 Å². The lowest BCUT2D eigenvalue weighted by Crippen LogP contribution is -2.00. The zero-order valence-electron chi connectivity index (χ0n) is 15.8. The maximum atomic E-state index is 5.48. The first-order valence-electron chi connectivity index (χ1n) is 9.11. The Bertz CT molecular complexity index is 1220. The number of para-hydroxylation sites is 2. The molecule has 7 heteroatoms. The second-order valence-corrected chi connectivity index (χ2v) is 6.36. The summed E-state index contributed by atoms with van der Waals surface area (Å²) in [4.78, 5) is 19.1. The average Bonchev–Trinajstić information content (AvgIpc) is 3.35. The molecule has 3 N–H and O–H groups in total. The molecule has 2 aromatic carbocycles. The van der Waals surface area contributed by atoms with Crippen molar-refractivity contribution in [3.05, 3.63) is 72.6 Å². The Hall–Kier alpha value is -3.74. The van der Waals surface area contributed by atoms with Crippen molar-refractivity contribution in [3.8, 4) is 5.69 Å². The number of rotatable bonds is 2. The molecule has 0 aliphatic rings. The summed E-state index contributed by atoms with van der Waals surface area (Å²) in [5, 5.41) is 0. The second kappa shape index (κ2) is 7.48. The van der Waals surface area contributed by atoms with Gasteiger partial charge in [0.1, 0.15) is 17.7 Å². The number of nitrogen functional groups attached to an aromatic ring is 1. The quantitative estimate of drug-likeness (QED) is 0.491. The number of benzene rings is 2. The molecule has 0 aliphatic heterocycles. The number of H-pyrrole nitrogens is 1. The third-order valence-corrected chi connectivity index (χ3v) is 4.53. The summed E-state index contributed by atoms with van der Waals surface area (Å²) in [7, 11) is 0. The molecule has 5 rings (SSSR count). The Morgan fingerprint density at radius 1 is 1.00 bits per heavy atom. The highest BCUT2D eigenvalue weighted by Gasteiger charge is 2.12. The number of aromatic amines is 1. The maximum Gasteiger partial charge on any atom is 0.182 e. The molecular formula is C21H21N7. The van der Waals surface area contributed by atoms with Crippen molar-refractivity contribution in [1.29, 1.82) is 0 Å². The number of aryl methyl sites for hydroxylation is 2. The molecule has 0 amide bonds. The molecule has 0 unspecified atom stereocenters. The van der Waals surface area contributed by atoms with Crippen LogP contribution in [0.15, 0.2) is 61.2 Å². The summed E-state index contributed by atoms with van der Waals surface area (Å²) in [5.74, 6) is 1.55. The summed E-state index contributed by atoms with van der Waals surface area (Å²) in [6.07, 6.45) is 3.86. The van der Waals surface area contributed by atoms with E-state index in [9.17, 15) is 0 Å². The fourth-order valence-electron chi connectivity index (χ4n) is 3.22. The van der Waals surface area contributed by atoms with E-state index < -0.39 is 0 Å². The number of imidazole rings is 2. The van der Waals surface area contributed by atoms with Crippen LogP contribution in [0.25, 0.3) is 27.9 Å². The monoisotopic (exact) mass is 371 g/mol. The molecule has 0 saturated carbocycles. The first-order valence-corrected chi connectivity index (χ1v) is 9.11. The van der Waals surface area contributed by atoms with Crippen LogP contribution in [0.2, 0.25) is 0 Å². The minimum atomic E-state index is 0.433. The molecule has 0 aliphatic carbocycles. The van der Waals surface area contributed by atoms with Gasteiger partial charge in [-0.05, 0) is 30.7 Å². The smallest absolute Gasteiger partial charge is 0.182 e. The molecule has 0 saturated heterocycles. The van der Waals surface area contributed by atoms with E-state index in [-0.39, 0.29) is 0 Å². The number of nitrogens with zero attached hydrogens (tertiary/aromatic N) is 5. The third-order valence-electron chi connectivity index (χ3n) is 4.53. The minimum absolute atomic E-state index is 0.433. The molecule has 0 bridgehead atoms.